The zero-order valence-electron chi connectivity index (χ0n) is 16.3. The molecule has 1 atom stereocenters. The van der Waals surface area contributed by atoms with Gasteiger partial charge in [-0.05, 0) is 45.0 Å². The van der Waals surface area contributed by atoms with Crippen molar-refractivity contribution in [3.63, 3.8) is 0 Å². The van der Waals surface area contributed by atoms with Crippen LogP contribution in [0.25, 0.3) is 0 Å². The molecule has 0 aromatic carbocycles. The van der Waals surface area contributed by atoms with Gasteiger partial charge in [-0.15, -0.1) is 11.8 Å². The third-order valence-corrected chi connectivity index (χ3v) is 5.24. The number of carbonyl (C=O) groups is 2. The van der Waals surface area contributed by atoms with Crippen molar-refractivity contribution in [3.8, 4) is 0 Å². The van der Waals surface area contributed by atoms with E-state index in [1.54, 1.807) is 37.4 Å². The number of thioether (sulfide) groups is 1. The van der Waals surface area contributed by atoms with Crippen LogP contribution in [-0.2, 0) is 15.3 Å². The Morgan fingerprint density at radius 3 is 2.79 bits per heavy atom. The standard InChI is InChI=1S/C20H21N3O5S/c1-12-16(14(3)28-23-12)11-29-19-15(6-4-8-21-19)20(25)27-10-18(24)22-13(2)17-7-5-9-26-17/h4-9,13H,10-11H2,1-3H3,(H,22,24). The van der Waals surface area contributed by atoms with Gasteiger partial charge in [-0.2, -0.15) is 0 Å². The number of nitrogens with zero attached hydrogens (tertiary/aromatic N) is 2. The van der Waals surface area contributed by atoms with Crippen LogP contribution in [0.5, 0.6) is 0 Å². The number of aryl methyl sites for hydroxylation is 2. The van der Waals surface area contributed by atoms with Crippen LogP contribution in [0.15, 0.2) is 50.7 Å². The molecule has 3 heterocycles. The molecule has 9 heteroatoms. The van der Waals surface area contributed by atoms with Crippen LogP contribution in [0.2, 0.25) is 0 Å². The number of nitrogens with one attached hydrogen (secondary N) is 1. The molecule has 0 bridgehead atoms. The van der Waals surface area contributed by atoms with Crippen LogP contribution in [-0.4, -0.2) is 28.6 Å². The second kappa shape index (κ2) is 9.42. The maximum absolute atomic E-state index is 12.5. The summed E-state index contributed by atoms with van der Waals surface area (Å²) in [6, 6.07) is 6.44. The second-order valence-electron chi connectivity index (χ2n) is 6.33. The first kappa shape index (κ1) is 20.7. The molecule has 0 fully saturated rings. The largest absolute Gasteiger partial charge is 0.467 e. The monoisotopic (exact) mass is 415 g/mol. The summed E-state index contributed by atoms with van der Waals surface area (Å²) in [6.07, 6.45) is 3.13. The van der Waals surface area contributed by atoms with E-state index in [1.807, 2.05) is 13.8 Å². The minimum absolute atomic E-state index is 0.302. The lowest BCUT2D eigenvalue weighted by Gasteiger charge is -2.12. The molecular formula is C20H21N3O5S. The molecule has 1 amide bonds. The van der Waals surface area contributed by atoms with E-state index in [9.17, 15) is 9.59 Å². The predicted octanol–water partition coefficient (Wildman–Crippen LogP) is 3.61. The fourth-order valence-electron chi connectivity index (χ4n) is 2.61. The molecule has 0 radical (unpaired) electrons. The second-order valence-corrected chi connectivity index (χ2v) is 7.29. The lowest BCUT2D eigenvalue weighted by atomic mass is 10.2. The summed E-state index contributed by atoms with van der Waals surface area (Å²) >= 11 is 1.38. The van der Waals surface area contributed by atoms with Gasteiger partial charge >= 0.3 is 5.97 Å². The molecule has 0 spiro atoms. The Balaban J connectivity index is 1.57. The van der Waals surface area contributed by atoms with E-state index in [2.05, 4.69) is 15.5 Å². The maximum Gasteiger partial charge on any atom is 0.341 e. The van der Waals surface area contributed by atoms with Gasteiger partial charge in [0.1, 0.15) is 16.5 Å². The number of amides is 1. The lowest BCUT2D eigenvalue weighted by Crippen LogP contribution is -2.31. The summed E-state index contributed by atoms with van der Waals surface area (Å²) in [7, 11) is 0. The number of carbonyl (C=O) groups excluding carboxylic acids is 2. The van der Waals surface area contributed by atoms with Crippen LogP contribution in [0.3, 0.4) is 0 Å². The highest BCUT2D eigenvalue weighted by Crippen LogP contribution is 2.27. The first-order valence-electron chi connectivity index (χ1n) is 8.95. The molecule has 3 aromatic rings. The number of rotatable bonds is 8. The number of aromatic nitrogens is 2. The van der Waals surface area contributed by atoms with Crippen molar-refractivity contribution in [2.24, 2.45) is 0 Å². The highest BCUT2D eigenvalue weighted by molar-refractivity contribution is 7.98. The summed E-state index contributed by atoms with van der Waals surface area (Å²) in [4.78, 5) is 28.8. The van der Waals surface area contributed by atoms with Crippen LogP contribution in [0.1, 0.15) is 46.1 Å². The first-order chi connectivity index (χ1) is 14.0. The molecule has 1 N–H and O–H groups in total. The van der Waals surface area contributed by atoms with E-state index in [0.29, 0.717) is 22.1 Å². The van der Waals surface area contributed by atoms with Crippen LogP contribution >= 0.6 is 11.8 Å². The van der Waals surface area contributed by atoms with Gasteiger partial charge in [-0.25, -0.2) is 9.78 Å². The minimum atomic E-state index is -0.611. The fourth-order valence-corrected chi connectivity index (χ4v) is 3.75. The molecule has 8 nitrogen and oxygen atoms in total. The summed E-state index contributed by atoms with van der Waals surface area (Å²) < 4.78 is 15.6. The Bertz CT molecular complexity index is 964. The third kappa shape index (κ3) is 5.26. The van der Waals surface area contributed by atoms with Gasteiger partial charge in [0.2, 0.25) is 0 Å². The lowest BCUT2D eigenvalue weighted by molar-refractivity contribution is -0.125. The molecule has 3 aromatic heterocycles. The SMILES string of the molecule is Cc1noc(C)c1CSc1ncccc1C(=O)OCC(=O)NC(C)c1ccco1. The van der Waals surface area contributed by atoms with E-state index in [4.69, 9.17) is 13.7 Å². The number of furan rings is 1. The highest BCUT2D eigenvalue weighted by atomic mass is 32.2. The smallest absolute Gasteiger partial charge is 0.341 e. The molecule has 0 saturated carbocycles. The van der Waals surface area contributed by atoms with Crippen molar-refractivity contribution in [1.29, 1.82) is 0 Å². The number of hydrogen-bond acceptors (Lipinski definition) is 8. The summed E-state index contributed by atoms with van der Waals surface area (Å²) in [5.74, 6) is 0.878. The maximum atomic E-state index is 12.5. The van der Waals surface area contributed by atoms with Gasteiger partial charge in [0.25, 0.3) is 5.91 Å². The van der Waals surface area contributed by atoms with Gasteiger partial charge < -0.3 is 19.0 Å². The Morgan fingerprint density at radius 1 is 1.28 bits per heavy atom. The minimum Gasteiger partial charge on any atom is -0.467 e. The average Bonchev–Trinajstić information content (AvgIpc) is 3.35. The molecule has 0 aliphatic carbocycles. The molecule has 0 aliphatic rings. The van der Waals surface area contributed by atoms with Gasteiger partial charge in [0, 0.05) is 17.5 Å². The highest BCUT2D eigenvalue weighted by Gasteiger charge is 2.18. The third-order valence-electron chi connectivity index (χ3n) is 4.21. The Kier molecular flexibility index (Phi) is 6.71. The normalized spacial score (nSPS) is 11.8. The number of pyridine rings is 1. The van der Waals surface area contributed by atoms with Crippen LogP contribution in [0, 0.1) is 13.8 Å². The predicted molar refractivity (Wildman–Crippen MR) is 105 cm³/mol. The van der Waals surface area contributed by atoms with Gasteiger partial charge in [-0.3, -0.25) is 4.79 Å². The molecule has 0 aliphatic heterocycles. The topological polar surface area (TPSA) is 107 Å². The van der Waals surface area contributed by atoms with Crippen molar-refractivity contribution in [1.82, 2.24) is 15.5 Å². The van der Waals surface area contributed by atoms with Gasteiger partial charge in [0.15, 0.2) is 6.61 Å². The van der Waals surface area contributed by atoms with Crippen molar-refractivity contribution < 1.29 is 23.3 Å². The number of ether oxygens (including phenoxy) is 1. The van der Waals surface area contributed by atoms with E-state index >= 15 is 0 Å². The van der Waals surface area contributed by atoms with Crippen molar-refractivity contribution in [3.05, 3.63) is 65.1 Å². The van der Waals surface area contributed by atoms with Crippen molar-refractivity contribution in [2.75, 3.05) is 6.61 Å². The quantitative estimate of drug-likeness (QED) is 0.439. The number of esters is 1. The number of hydrogen-bond donors (Lipinski definition) is 1. The summed E-state index contributed by atoms with van der Waals surface area (Å²) in [5, 5.41) is 7.15. The van der Waals surface area contributed by atoms with Gasteiger partial charge in [0.05, 0.1) is 23.6 Å². The Hall–Kier alpha value is -3.07. The molecule has 29 heavy (non-hydrogen) atoms. The molecule has 152 valence electrons. The van der Waals surface area contributed by atoms with E-state index < -0.39 is 18.5 Å². The molecular weight excluding hydrogens is 394 g/mol. The average molecular weight is 415 g/mol. The summed E-state index contributed by atoms with van der Waals surface area (Å²) in [5.41, 5.74) is 2.07. The fraction of sp³-hybridized carbons (Fsp3) is 0.300. The van der Waals surface area contributed by atoms with Gasteiger partial charge in [-0.1, -0.05) is 5.16 Å². The molecule has 1 unspecified atom stereocenters. The van der Waals surface area contributed by atoms with Crippen LogP contribution < -0.4 is 5.32 Å². The van der Waals surface area contributed by atoms with E-state index in [1.165, 1.54) is 18.0 Å². The van der Waals surface area contributed by atoms with Crippen molar-refractivity contribution >= 4 is 23.6 Å². The first-order valence-corrected chi connectivity index (χ1v) is 9.93. The Morgan fingerprint density at radius 2 is 2.10 bits per heavy atom. The summed E-state index contributed by atoms with van der Waals surface area (Å²) in [6.45, 7) is 5.09. The zero-order chi connectivity index (χ0) is 20.8. The van der Waals surface area contributed by atoms with E-state index in [-0.39, 0.29) is 6.04 Å². The Labute approximate surface area is 172 Å². The zero-order valence-corrected chi connectivity index (χ0v) is 17.1. The molecule has 3 rings (SSSR count). The van der Waals surface area contributed by atoms with Crippen molar-refractivity contribution in [2.45, 2.75) is 37.6 Å². The van der Waals surface area contributed by atoms with E-state index in [0.717, 1.165) is 17.0 Å². The van der Waals surface area contributed by atoms with Crippen LogP contribution in [0.4, 0.5) is 0 Å². The molecule has 0 saturated heterocycles.